The molecule has 1 N–H and O–H groups in total. The van der Waals surface area contributed by atoms with Gasteiger partial charge in [0, 0.05) is 11.4 Å². The smallest absolute Gasteiger partial charge is 0.257 e. The van der Waals surface area contributed by atoms with E-state index in [1.165, 1.54) is 4.88 Å². The first-order chi connectivity index (χ1) is 10.2. The van der Waals surface area contributed by atoms with E-state index in [0.717, 1.165) is 12.0 Å². The fraction of sp³-hybridized carbons (Fsp3) is 0.312. The van der Waals surface area contributed by atoms with Gasteiger partial charge in [0.25, 0.3) is 5.91 Å². The Morgan fingerprint density at radius 2 is 2.14 bits per heavy atom. The molecule has 4 nitrogen and oxygen atoms in total. The van der Waals surface area contributed by atoms with Crippen molar-refractivity contribution in [3.8, 4) is 11.5 Å². The molecule has 112 valence electrons. The first kappa shape index (κ1) is 15.4. The number of hydrogen-bond acceptors (Lipinski definition) is 4. The van der Waals surface area contributed by atoms with Crippen LogP contribution in [0.15, 0.2) is 35.7 Å². The number of hydrogen-bond donors (Lipinski definition) is 1. The number of thiophene rings is 1. The molecule has 1 aromatic carbocycles. The number of methoxy groups -OCH3 is 1. The van der Waals surface area contributed by atoms with E-state index < -0.39 is 0 Å². The van der Waals surface area contributed by atoms with Gasteiger partial charge in [-0.05, 0) is 42.5 Å². The van der Waals surface area contributed by atoms with E-state index in [1.807, 2.05) is 36.6 Å². The van der Waals surface area contributed by atoms with E-state index in [0.29, 0.717) is 18.0 Å². The highest BCUT2D eigenvalue weighted by Crippen LogP contribution is 2.27. The number of amides is 1. The van der Waals surface area contributed by atoms with Crippen molar-refractivity contribution in [1.29, 1.82) is 0 Å². The number of ether oxygens (including phenoxy) is 2. The quantitative estimate of drug-likeness (QED) is 0.855. The van der Waals surface area contributed by atoms with Gasteiger partial charge >= 0.3 is 0 Å². The summed E-state index contributed by atoms with van der Waals surface area (Å²) in [6.07, 6.45) is 0.845. The van der Waals surface area contributed by atoms with Crippen LogP contribution in [0, 0.1) is 6.92 Å². The highest BCUT2D eigenvalue weighted by molar-refractivity contribution is 7.09. The maximum atomic E-state index is 11.7. The van der Waals surface area contributed by atoms with Crippen LogP contribution in [-0.2, 0) is 11.2 Å². The van der Waals surface area contributed by atoms with Crippen molar-refractivity contribution in [3.63, 3.8) is 0 Å². The Kier molecular flexibility index (Phi) is 5.63. The van der Waals surface area contributed by atoms with Gasteiger partial charge in [-0.2, -0.15) is 0 Å². The SMILES string of the molecule is COc1cc(C)ccc1OCC(=O)NCCc1cccs1. The van der Waals surface area contributed by atoms with Crippen LogP contribution in [-0.4, -0.2) is 26.2 Å². The van der Waals surface area contributed by atoms with E-state index in [4.69, 9.17) is 9.47 Å². The average molecular weight is 305 g/mol. The third kappa shape index (κ3) is 4.79. The Morgan fingerprint density at radius 1 is 1.29 bits per heavy atom. The van der Waals surface area contributed by atoms with Gasteiger partial charge in [0.2, 0.25) is 0 Å². The number of aryl methyl sites for hydroxylation is 1. The highest BCUT2D eigenvalue weighted by Gasteiger charge is 2.07. The third-order valence-corrected chi connectivity index (χ3v) is 3.89. The summed E-state index contributed by atoms with van der Waals surface area (Å²) >= 11 is 1.69. The van der Waals surface area contributed by atoms with Crippen molar-refractivity contribution in [2.75, 3.05) is 20.3 Å². The molecule has 1 heterocycles. The number of benzene rings is 1. The highest BCUT2D eigenvalue weighted by atomic mass is 32.1. The first-order valence-electron chi connectivity index (χ1n) is 6.75. The van der Waals surface area contributed by atoms with Crippen LogP contribution >= 0.6 is 11.3 Å². The predicted octanol–water partition coefficient (Wildman–Crippen LogP) is 2.80. The second-order valence-corrected chi connectivity index (χ2v) is 5.65. The van der Waals surface area contributed by atoms with Crippen molar-refractivity contribution in [1.82, 2.24) is 5.32 Å². The zero-order valence-electron chi connectivity index (χ0n) is 12.2. The standard InChI is InChI=1S/C16H19NO3S/c1-12-5-6-14(15(10-12)19-2)20-11-16(18)17-8-7-13-4-3-9-21-13/h3-6,9-10H,7-8,11H2,1-2H3,(H,17,18). The molecule has 0 atom stereocenters. The van der Waals surface area contributed by atoms with Gasteiger partial charge in [-0.25, -0.2) is 0 Å². The molecule has 0 aliphatic rings. The van der Waals surface area contributed by atoms with Crippen LogP contribution in [0.2, 0.25) is 0 Å². The number of rotatable bonds is 7. The van der Waals surface area contributed by atoms with E-state index in [2.05, 4.69) is 11.4 Å². The molecule has 0 bridgehead atoms. The molecule has 0 saturated carbocycles. The van der Waals surface area contributed by atoms with Crippen LogP contribution in [0.3, 0.4) is 0 Å². The lowest BCUT2D eigenvalue weighted by Crippen LogP contribution is -2.30. The molecule has 1 aromatic heterocycles. The van der Waals surface area contributed by atoms with Crippen molar-refractivity contribution in [2.45, 2.75) is 13.3 Å². The number of nitrogens with one attached hydrogen (secondary N) is 1. The molecule has 0 fully saturated rings. The van der Waals surface area contributed by atoms with Crippen molar-refractivity contribution in [2.24, 2.45) is 0 Å². The van der Waals surface area contributed by atoms with Gasteiger partial charge in [-0.3, -0.25) is 4.79 Å². The average Bonchev–Trinajstić information content (AvgIpc) is 2.99. The van der Waals surface area contributed by atoms with Crippen LogP contribution in [0.25, 0.3) is 0 Å². The Balaban J connectivity index is 1.76. The van der Waals surface area contributed by atoms with Crippen LogP contribution < -0.4 is 14.8 Å². The van der Waals surface area contributed by atoms with Gasteiger partial charge in [0.1, 0.15) is 0 Å². The molecule has 5 heteroatoms. The molecule has 0 aliphatic carbocycles. The van der Waals surface area contributed by atoms with Gasteiger partial charge in [-0.1, -0.05) is 12.1 Å². The minimum Gasteiger partial charge on any atom is -0.493 e. The summed E-state index contributed by atoms with van der Waals surface area (Å²) in [5, 5.41) is 4.87. The molecular formula is C16H19NO3S. The second-order valence-electron chi connectivity index (χ2n) is 4.62. The summed E-state index contributed by atoms with van der Waals surface area (Å²) in [6, 6.07) is 9.68. The molecule has 0 unspecified atom stereocenters. The zero-order chi connectivity index (χ0) is 15.1. The maximum Gasteiger partial charge on any atom is 0.257 e. The van der Waals surface area contributed by atoms with Gasteiger partial charge in [-0.15, -0.1) is 11.3 Å². The molecule has 0 radical (unpaired) electrons. The Hall–Kier alpha value is -2.01. The summed E-state index contributed by atoms with van der Waals surface area (Å²) in [7, 11) is 1.59. The Bertz CT molecular complexity index is 581. The molecule has 1 amide bonds. The summed E-state index contributed by atoms with van der Waals surface area (Å²) in [5.41, 5.74) is 1.08. The van der Waals surface area contributed by atoms with Crippen LogP contribution in [0.5, 0.6) is 11.5 Å². The van der Waals surface area contributed by atoms with Gasteiger partial charge in [0.05, 0.1) is 7.11 Å². The zero-order valence-corrected chi connectivity index (χ0v) is 13.0. The molecule has 0 saturated heterocycles. The van der Waals surface area contributed by atoms with Crippen molar-refractivity contribution in [3.05, 3.63) is 46.2 Å². The lowest BCUT2D eigenvalue weighted by atomic mass is 10.2. The minimum atomic E-state index is -0.130. The van der Waals surface area contributed by atoms with Crippen LogP contribution in [0.1, 0.15) is 10.4 Å². The summed E-state index contributed by atoms with van der Waals surface area (Å²) in [4.78, 5) is 13.0. The van der Waals surface area contributed by atoms with Crippen molar-refractivity contribution < 1.29 is 14.3 Å². The number of carbonyl (C=O) groups is 1. The lowest BCUT2D eigenvalue weighted by Gasteiger charge is -2.11. The fourth-order valence-corrected chi connectivity index (χ4v) is 2.58. The molecule has 2 aromatic rings. The van der Waals surface area contributed by atoms with Gasteiger partial charge in [0.15, 0.2) is 18.1 Å². The molecule has 0 aliphatic heterocycles. The molecular weight excluding hydrogens is 286 g/mol. The monoisotopic (exact) mass is 305 g/mol. The Morgan fingerprint density at radius 3 is 2.86 bits per heavy atom. The van der Waals surface area contributed by atoms with Crippen molar-refractivity contribution >= 4 is 17.2 Å². The second kappa shape index (κ2) is 7.69. The predicted molar refractivity (Wildman–Crippen MR) is 84.3 cm³/mol. The molecule has 2 rings (SSSR count). The Labute approximate surface area is 128 Å². The topological polar surface area (TPSA) is 47.6 Å². The van der Waals surface area contributed by atoms with Crippen LogP contribution in [0.4, 0.5) is 0 Å². The van der Waals surface area contributed by atoms with E-state index >= 15 is 0 Å². The third-order valence-electron chi connectivity index (χ3n) is 2.95. The minimum absolute atomic E-state index is 0.0101. The van der Waals surface area contributed by atoms with E-state index in [-0.39, 0.29) is 12.5 Å². The number of carbonyl (C=O) groups excluding carboxylic acids is 1. The molecule has 21 heavy (non-hydrogen) atoms. The maximum absolute atomic E-state index is 11.7. The summed E-state index contributed by atoms with van der Waals surface area (Å²) in [5.74, 6) is 1.09. The van der Waals surface area contributed by atoms with E-state index in [9.17, 15) is 4.79 Å². The van der Waals surface area contributed by atoms with Gasteiger partial charge < -0.3 is 14.8 Å². The summed E-state index contributed by atoms with van der Waals surface area (Å²) < 4.78 is 10.7. The van der Waals surface area contributed by atoms with E-state index in [1.54, 1.807) is 18.4 Å². The summed E-state index contributed by atoms with van der Waals surface area (Å²) in [6.45, 7) is 2.58. The normalized spacial score (nSPS) is 10.2. The lowest BCUT2D eigenvalue weighted by molar-refractivity contribution is -0.123. The largest absolute Gasteiger partial charge is 0.493 e. The molecule has 0 spiro atoms. The first-order valence-corrected chi connectivity index (χ1v) is 7.63. The fourth-order valence-electron chi connectivity index (χ4n) is 1.87.